The standard InChI is InChI=1S/C11H17NO2.C2H6/c1-3-10-4-5-12-11(8-10)9-14-7-6-13-2;1-2/h4-5,8H,3,6-7,9H2,1-2H3;1-2H3. The second kappa shape index (κ2) is 10.6. The molecular weight excluding hydrogens is 202 g/mol. The fourth-order valence-corrected chi connectivity index (χ4v) is 1.15. The number of ether oxygens (including phenoxy) is 2. The first-order chi connectivity index (χ1) is 7.86. The number of hydrogen-bond donors (Lipinski definition) is 0. The minimum atomic E-state index is 0.567. The molecule has 0 saturated carbocycles. The van der Waals surface area contributed by atoms with Crippen LogP contribution < -0.4 is 0 Å². The molecule has 0 bridgehead atoms. The zero-order chi connectivity index (χ0) is 12.2. The van der Waals surface area contributed by atoms with Gasteiger partial charge in [0.05, 0.1) is 25.5 Å². The van der Waals surface area contributed by atoms with Crippen molar-refractivity contribution in [2.24, 2.45) is 0 Å². The zero-order valence-corrected chi connectivity index (χ0v) is 10.8. The van der Waals surface area contributed by atoms with Gasteiger partial charge in [0, 0.05) is 13.3 Å². The summed E-state index contributed by atoms with van der Waals surface area (Å²) < 4.78 is 10.3. The Balaban J connectivity index is 0.00000106. The van der Waals surface area contributed by atoms with E-state index >= 15 is 0 Å². The predicted octanol–water partition coefficient (Wildman–Crippen LogP) is 2.83. The number of aromatic nitrogens is 1. The lowest BCUT2D eigenvalue weighted by Crippen LogP contribution is -2.03. The maximum Gasteiger partial charge on any atom is 0.0889 e. The van der Waals surface area contributed by atoms with Gasteiger partial charge in [-0.25, -0.2) is 0 Å². The van der Waals surface area contributed by atoms with Crippen LogP contribution in [0.15, 0.2) is 18.3 Å². The highest BCUT2D eigenvalue weighted by Gasteiger charge is 1.96. The van der Waals surface area contributed by atoms with Crippen LogP contribution in [-0.2, 0) is 22.5 Å². The molecule has 16 heavy (non-hydrogen) atoms. The van der Waals surface area contributed by atoms with Gasteiger partial charge in [0.15, 0.2) is 0 Å². The number of pyridine rings is 1. The Morgan fingerprint density at radius 3 is 2.62 bits per heavy atom. The molecule has 1 aromatic heterocycles. The van der Waals surface area contributed by atoms with E-state index in [-0.39, 0.29) is 0 Å². The molecule has 3 heteroatoms. The van der Waals surface area contributed by atoms with Crippen molar-refractivity contribution in [1.29, 1.82) is 0 Å². The Morgan fingerprint density at radius 2 is 2.00 bits per heavy atom. The van der Waals surface area contributed by atoms with Crippen LogP contribution >= 0.6 is 0 Å². The summed E-state index contributed by atoms with van der Waals surface area (Å²) in [4.78, 5) is 4.22. The third kappa shape index (κ3) is 6.53. The van der Waals surface area contributed by atoms with E-state index in [0.29, 0.717) is 19.8 Å². The first kappa shape index (κ1) is 15.1. The van der Waals surface area contributed by atoms with Crippen LogP contribution in [0, 0.1) is 0 Å². The van der Waals surface area contributed by atoms with Gasteiger partial charge in [-0.2, -0.15) is 0 Å². The van der Waals surface area contributed by atoms with Crippen LogP contribution in [0.25, 0.3) is 0 Å². The van der Waals surface area contributed by atoms with E-state index in [1.165, 1.54) is 5.56 Å². The quantitative estimate of drug-likeness (QED) is 0.698. The lowest BCUT2D eigenvalue weighted by Gasteiger charge is -2.04. The van der Waals surface area contributed by atoms with Gasteiger partial charge >= 0.3 is 0 Å². The third-order valence-electron chi connectivity index (χ3n) is 1.97. The van der Waals surface area contributed by atoms with Crippen molar-refractivity contribution in [1.82, 2.24) is 4.98 Å². The minimum absolute atomic E-state index is 0.567. The predicted molar refractivity (Wildman–Crippen MR) is 66.5 cm³/mol. The van der Waals surface area contributed by atoms with Crippen molar-refractivity contribution in [3.63, 3.8) is 0 Å². The van der Waals surface area contributed by atoms with Crippen LogP contribution in [0.5, 0.6) is 0 Å². The van der Waals surface area contributed by atoms with Crippen molar-refractivity contribution in [2.75, 3.05) is 20.3 Å². The highest BCUT2D eigenvalue weighted by molar-refractivity contribution is 5.15. The van der Waals surface area contributed by atoms with Gasteiger partial charge in [0.2, 0.25) is 0 Å². The van der Waals surface area contributed by atoms with Gasteiger partial charge in [-0.1, -0.05) is 20.8 Å². The Labute approximate surface area is 98.8 Å². The fourth-order valence-electron chi connectivity index (χ4n) is 1.15. The Bertz CT molecular complexity index is 264. The van der Waals surface area contributed by atoms with Crippen LogP contribution in [0.4, 0.5) is 0 Å². The van der Waals surface area contributed by atoms with Crippen molar-refractivity contribution >= 4 is 0 Å². The molecule has 0 amide bonds. The van der Waals surface area contributed by atoms with Gasteiger partial charge in [0.1, 0.15) is 0 Å². The maximum absolute atomic E-state index is 5.37. The average Bonchev–Trinajstić information content (AvgIpc) is 2.37. The van der Waals surface area contributed by atoms with Crippen LogP contribution in [-0.4, -0.2) is 25.3 Å². The molecule has 1 heterocycles. The van der Waals surface area contributed by atoms with Gasteiger partial charge in [-0.15, -0.1) is 0 Å². The van der Waals surface area contributed by atoms with E-state index in [4.69, 9.17) is 9.47 Å². The highest BCUT2D eigenvalue weighted by atomic mass is 16.5. The van der Waals surface area contributed by atoms with Crippen LogP contribution in [0.3, 0.4) is 0 Å². The van der Waals surface area contributed by atoms with E-state index < -0.39 is 0 Å². The second-order valence-corrected chi connectivity index (χ2v) is 3.05. The van der Waals surface area contributed by atoms with E-state index in [9.17, 15) is 0 Å². The Hall–Kier alpha value is -0.930. The van der Waals surface area contributed by atoms with Gasteiger partial charge in [-0.05, 0) is 24.1 Å². The van der Waals surface area contributed by atoms with Crippen molar-refractivity contribution < 1.29 is 9.47 Å². The first-order valence-electron chi connectivity index (χ1n) is 5.87. The van der Waals surface area contributed by atoms with E-state index in [1.54, 1.807) is 7.11 Å². The zero-order valence-electron chi connectivity index (χ0n) is 10.8. The maximum atomic E-state index is 5.37. The molecule has 0 aromatic carbocycles. The number of nitrogens with zero attached hydrogens (tertiary/aromatic N) is 1. The summed E-state index contributed by atoms with van der Waals surface area (Å²) >= 11 is 0. The van der Waals surface area contributed by atoms with Gasteiger partial charge in [-0.3, -0.25) is 4.98 Å². The molecule has 92 valence electrons. The monoisotopic (exact) mass is 225 g/mol. The molecule has 0 fully saturated rings. The molecular formula is C13H23NO2. The molecule has 1 aromatic rings. The summed E-state index contributed by atoms with van der Waals surface area (Å²) in [6, 6.07) is 4.10. The summed E-state index contributed by atoms with van der Waals surface area (Å²) in [6.45, 7) is 7.95. The molecule has 0 unspecified atom stereocenters. The van der Waals surface area contributed by atoms with Crippen molar-refractivity contribution in [3.05, 3.63) is 29.6 Å². The minimum Gasteiger partial charge on any atom is -0.382 e. The normalized spacial score (nSPS) is 9.50. The highest BCUT2D eigenvalue weighted by Crippen LogP contribution is 2.03. The van der Waals surface area contributed by atoms with E-state index in [0.717, 1.165) is 12.1 Å². The smallest absolute Gasteiger partial charge is 0.0889 e. The molecule has 0 atom stereocenters. The van der Waals surface area contributed by atoms with Crippen LogP contribution in [0.2, 0.25) is 0 Å². The molecule has 0 aliphatic heterocycles. The van der Waals surface area contributed by atoms with E-state index in [2.05, 4.69) is 18.0 Å². The lowest BCUT2D eigenvalue weighted by atomic mass is 10.2. The number of aryl methyl sites for hydroxylation is 1. The second-order valence-electron chi connectivity index (χ2n) is 3.05. The molecule has 0 aliphatic rings. The van der Waals surface area contributed by atoms with Crippen LogP contribution in [0.1, 0.15) is 32.0 Å². The van der Waals surface area contributed by atoms with Gasteiger partial charge in [0.25, 0.3) is 0 Å². The number of methoxy groups -OCH3 is 1. The molecule has 3 nitrogen and oxygen atoms in total. The average molecular weight is 225 g/mol. The van der Waals surface area contributed by atoms with E-state index in [1.807, 2.05) is 26.1 Å². The Kier molecular flexibility index (Phi) is 9.97. The molecule has 0 N–H and O–H groups in total. The summed E-state index contributed by atoms with van der Waals surface area (Å²) in [5.74, 6) is 0. The van der Waals surface area contributed by atoms with Gasteiger partial charge < -0.3 is 9.47 Å². The summed E-state index contributed by atoms with van der Waals surface area (Å²) in [7, 11) is 1.67. The topological polar surface area (TPSA) is 31.4 Å². The fraction of sp³-hybridized carbons (Fsp3) is 0.615. The first-order valence-corrected chi connectivity index (χ1v) is 5.87. The molecule has 0 aliphatic carbocycles. The molecule has 0 saturated heterocycles. The van der Waals surface area contributed by atoms with Crippen molar-refractivity contribution in [3.8, 4) is 0 Å². The summed E-state index contributed by atoms with van der Waals surface area (Å²) in [5.41, 5.74) is 2.28. The number of rotatable bonds is 6. The molecule has 1 rings (SSSR count). The summed E-state index contributed by atoms with van der Waals surface area (Å²) in [6.07, 6.45) is 2.86. The molecule has 0 spiro atoms. The number of hydrogen-bond acceptors (Lipinski definition) is 3. The largest absolute Gasteiger partial charge is 0.382 e. The lowest BCUT2D eigenvalue weighted by molar-refractivity contribution is 0.0602. The molecule has 0 radical (unpaired) electrons. The summed E-state index contributed by atoms with van der Waals surface area (Å²) in [5, 5.41) is 0. The van der Waals surface area contributed by atoms with Crippen molar-refractivity contribution in [2.45, 2.75) is 33.8 Å². The third-order valence-corrected chi connectivity index (χ3v) is 1.97. The Morgan fingerprint density at radius 1 is 1.25 bits per heavy atom. The SMILES string of the molecule is CC.CCc1ccnc(COCCOC)c1.